The Hall–Kier alpha value is -0.960. The Morgan fingerprint density at radius 1 is 1.47 bits per heavy atom. The number of nitrogens with zero attached hydrogens (tertiary/aromatic N) is 4. The highest BCUT2D eigenvalue weighted by atomic mass is 32.1. The first-order valence-corrected chi connectivity index (χ1v) is 6.95. The maximum atomic E-state index is 9.04. The lowest BCUT2D eigenvalue weighted by molar-refractivity contribution is 0.108. The summed E-state index contributed by atoms with van der Waals surface area (Å²) in [7, 11) is 0. The van der Waals surface area contributed by atoms with Crippen LogP contribution in [-0.2, 0) is 6.54 Å². The van der Waals surface area contributed by atoms with E-state index in [-0.39, 0.29) is 6.04 Å². The quantitative estimate of drug-likeness (QED) is 0.813. The molecule has 0 bridgehead atoms. The zero-order valence-corrected chi connectivity index (χ0v) is 11.0. The molecule has 1 aliphatic rings. The van der Waals surface area contributed by atoms with E-state index in [9.17, 15) is 0 Å². The van der Waals surface area contributed by atoms with E-state index in [2.05, 4.69) is 27.8 Å². The number of hydrogen-bond donors (Lipinski definition) is 0. The fraction of sp³-hybridized carbons (Fsp3) is 0.667. The predicted molar refractivity (Wildman–Crippen MR) is 68.7 cm³/mol. The topological polar surface area (TPSA) is 43.2 Å². The summed E-state index contributed by atoms with van der Waals surface area (Å²) >= 11 is 1.71. The summed E-state index contributed by atoms with van der Waals surface area (Å²) in [5.74, 6) is 0. The van der Waals surface area contributed by atoms with Gasteiger partial charge in [0.1, 0.15) is 0 Å². The molecule has 5 heteroatoms. The highest BCUT2D eigenvalue weighted by molar-refractivity contribution is 7.09. The molecule has 0 radical (unpaired) electrons. The van der Waals surface area contributed by atoms with Crippen molar-refractivity contribution in [1.29, 1.82) is 5.26 Å². The highest BCUT2D eigenvalue weighted by Crippen LogP contribution is 2.13. The smallest absolute Gasteiger partial charge is 0.0976 e. The van der Waals surface area contributed by atoms with Crippen molar-refractivity contribution in [3.8, 4) is 6.07 Å². The molecule has 0 spiro atoms. The van der Waals surface area contributed by atoms with Crippen LogP contribution >= 0.6 is 11.3 Å². The first kappa shape index (κ1) is 12.5. The van der Waals surface area contributed by atoms with Crippen molar-refractivity contribution in [2.24, 2.45) is 0 Å². The molecule has 1 fully saturated rings. The molecular weight excluding hydrogens is 232 g/mol. The second kappa shape index (κ2) is 6.10. The normalized spacial score (nSPS) is 20.0. The van der Waals surface area contributed by atoms with Crippen LogP contribution in [0.1, 0.15) is 18.2 Å². The zero-order chi connectivity index (χ0) is 12.1. The SMILES string of the molecule is CCC(C#N)N1CCN(Cc2cncs2)CC1. The lowest BCUT2D eigenvalue weighted by Crippen LogP contribution is -2.49. The number of rotatable bonds is 4. The van der Waals surface area contributed by atoms with E-state index in [4.69, 9.17) is 5.26 Å². The largest absolute Gasteiger partial charge is 0.296 e. The van der Waals surface area contributed by atoms with Gasteiger partial charge in [-0.3, -0.25) is 14.8 Å². The minimum Gasteiger partial charge on any atom is -0.296 e. The van der Waals surface area contributed by atoms with Crippen LogP contribution in [0.25, 0.3) is 0 Å². The lowest BCUT2D eigenvalue weighted by atomic mass is 10.2. The summed E-state index contributed by atoms with van der Waals surface area (Å²) in [5.41, 5.74) is 1.88. The number of piperazine rings is 1. The molecule has 2 rings (SSSR count). The molecule has 1 atom stereocenters. The first-order chi connectivity index (χ1) is 8.33. The van der Waals surface area contributed by atoms with Crippen LogP contribution in [-0.4, -0.2) is 47.0 Å². The Morgan fingerprint density at radius 2 is 2.24 bits per heavy atom. The van der Waals surface area contributed by atoms with Gasteiger partial charge in [-0.1, -0.05) is 6.92 Å². The van der Waals surface area contributed by atoms with Crippen LogP contribution in [0, 0.1) is 11.3 Å². The van der Waals surface area contributed by atoms with Gasteiger partial charge in [0.2, 0.25) is 0 Å². The van der Waals surface area contributed by atoms with Crippen molar-refractivity contribution in [1.82, 2.24) is 14.8 Å². The molecule has 1 aliphatic heterocycles. The number of hydrogen-bond acceptors (Lipinski definition) is 5. The molecule has 1 aromatic rings. The van der Waals surface area contributed by atoms with E-state index in [0.29, 0.717) is 0 Å². The van der Waals surface area contributed by atoms with Gasteiger partial charge in [-0.25, -0.2) is 0 Å². The molecule has 1 unspecified atom stereocenters. The third kappa shape index (κ3) is 3.25. The molecule has 0 amide bonds. The average molecular weight is 250 g/mol. The second-order valence-corrected chi connectivity index (χ2v) is 5.30. The van der Waals surface area contributed by atoms with Crippen LogP contribution in [0.2, 0.25) is 0 Å². The van der Waals surface area contributed by atoms with Gasteiger partial charge < -0.3 is 0 Å². The Morgan fingerprint density at radius 3 is 2.76 bits per heavy atom. The van der Waals surface area contributed by atoms with Crippen LogP contribution < -0.4 is 0 Å². The van der Waals surface area contributed by atoms with Crippen LogP contribution in [0.5, 0.6) is 0 Å². The summed E-state index contributed by atoms with van der Waals surface area (Å²) in [5, 5.41) is 9.04. The highest BCUT2D eigenvalue weighted by Gasteiger charge is 2.22. The Labute approximate surface area is 106 Å². The minimum atomic E-state index is 0.0977. The Balaban J connectivity index is 1.80. The summed E-state index contributed by atoms with van der Waals surface area (Å²) in [6, 6.07) is 2.48. The van der Waals surface area contributed by atoms with Crippen molar-refractivity contribution in [2.75, 3.05) is 26.2 Å². The molecule has 92 valence electrons. The number of nitriles is 1. The van der Waals surface area contributed by atoms with Crippen molar-refractivity contribution < 1.29 is 0 Å². The van der Waals surface area contributed by atoms with Gasteiger partial charge in [0.15, 0.2) is 0 Å². The van der Waals surface area contributed by atoms with Gasteiger partial charge in [0.05, 0.1) is 17.6 Å². The molecule has 0 saturated carbocycles. The molecule has 2 heterocycles. The van der Waals surface area contributed by atoms with E-state index in [1.807, 2.05) is 11.7 Å². The van der Waals surface area contributed by atoms with E-state index in [1.54, 1.807) is 11.3 Å². The monoisotopic (exact) mass is 250 g/mol. The molecule has 1 aromatic heterocycles. The van der Waals surface area contributed by atoms with Crippen LogP contribution in [0.3, 0.4) is 0 Å². The fourth-order valence-electron chi connectivity index (χ4n) is 2.20. The van der Waals surface area contributed by atoms with Crippen molar-refractivity contribution in [3.63, 3.8) is 0 Å². The molecular formula is C12H18N4S. The van der Waals surface area contributed by atoms with Gasteiger partial charge >= 0.3 is 0 Å². The zero-order valence-electron chi connectivity index (χ0n) is 10.2. The molecule has 4 nitrogen and oxygen atoms in total. The van der Waals surface area contributed by atoms with Crippen LogP contribution in [0.15, 0.2) is 11.7 Å². The summed E-state index contributed by atoms with van der Waals surface area (Å²) in [6.07, 6.45) is 2.87. The third-order valence-electron chi connectivity index (χ3n) is 3.25. The van der Waals surface area contributed by atoms with Crippen molar-refractivity contribution in [2.45, 2.75) is 25.9 Å². The Kier molecular flexibility index (Phi) is 4.49. The molecule has 0 N–H and O–H groups in total. The van der Waals surface area contributed by atoms with Crippen molar-refractivity contribution >= 4 is 11.3 Å². The fourth-order valence-corrected chi connectivity index (χ4v) is 2.84. The van der Waals surface area contributed by atoms with Gasteiger partial charge in [-0.15, -0.1) is 11.3 Å². The van der Waals surface area contributed by atoms with Gasteiger partial charge in [-0.2, -0.15) is 5.26 Å². The van der Waals surface area contributed by atoms with Crippen molar-refractivity contribution in [3.05, 3.63) is 16.6 Å². The van der Waals surface area contributed by atoms with Gasteiger partial charge in [-0.05, 0) is 6.42 Å². The molecule has 0 aliphatic carbocycles. The number of aromatic nitrogens is 1. The molecule has 1 saturated heterocycles. The van der Waals surface area contributed by atoms with Gasteiger partial charge in [0.25, 0.3) is 0 Å². The average Bonchev–Trinajstić information content (AvgIpc) is 2.86. The Bertz CT molecular complexity index is 362. The van der Waals surface area contributed by atoms with Gasteiger partial charge in [0, 0.05) is 43.8 Å². The number of thiazole rings is 1. The lowest BCUT2D eigenvalue weighted by Gasteiger charge is -2.36. The third-order valence-corrected chi connectivity index (χ3v) is 4.01. The van der Waals surface area contributed by atoms with E-state index >= 15 is 0 Å². The van der Waals surface area contributed by atoms with E-state index in [1.165, 1.54) is 4.88 Å². The first-order valence-electron chi connectivity index (χ1n) is 6.07. The second-order valence-electron chi connectivity index (χ2n) is 4.33. The molecule has 0 aromatic carbocycles. The minimum absolute atomic E-state index is 0.0977. The van der Waals surface area contributed by atoms with E-state index in [0.717, 1.165) is 39.1 Å². The summed E-state index contributed by atoms with van der Waals surface area (Å²) in [4.78, 5) is 10.2. The summed E-state index contributed by atoms with van der Waals surface area (Å²) in [6.45, 7) is 7.20. The standard InChI is InChI=1S/C12H18N4S/c1-2-11(7-13)16-5-3-15(4-6-16)9-12-8-14-10-17-12/h8,10-11H,2-6,9H2,1H3. The molecule has 17 heavy (non-hydrogen) atoms. The predicted octanol–water partition coefficient (Wildman–Crippen LogP) is 1.56. The van der Waals surface area contributed by atoms with Crippen LogP contribution in [0.4, 0.5) is 0 Å². The summed E-state index contributed by atoms with van der Waals surface area (Å²) < 4.78 is 0. The maximum Gasteiger partial charge on any atom is 0.0976 e. The van der Waals surface area contributed by atoms with E-state index < -0.39 is 0 Å². The maximum absolute atomic E-state index is 9.04.